The van der Waals surface area contributed by atoms with Gasteiger partial charge in [0.25, 0.3) is 0 Å². The zero-order valence-electron chi connectivity index (χ0n) is 13.1. The van der Waals surface area contributed by atoms with Crippen LogP contribution in [0.15, 0.2) is 48.6 Å². The molecule has 0 amide bonds. The summed E-state index contributed by atoms with van der Waals surface area (Å²) in [5, 5.41) is 3.35. The van der Waals surface area contributed by atoms with Gasteiger partial charge < -0.3 is 10.1 Å². The summed E-state index contributed by atoms with van der Waals surface area (Å²) in [5.41, 5.74) is 1.20. The lowest BCUT2D eigenvalue weighted by molar-refractivity contribution is -0.137. The van der Waals surface area contributed by atoms with Crippen molar-refractivity contribution < 1.29 is 9.53 Å². The SMILES string of the molecule is CC(C)(C)NCCCOC(=O)/C=C/C=C/c1ccccc1. The fourth-order valence-corrected chi connectivity index (χ4v) is 1.62. The van der Waals surface area contributed by atoms with E-state index in [9.17, 15) is 4.79 Å². The van der Waals surface area contributed by atoms with Gasteiger partial charge in [-0.25, -0.2) is 4.79 Å². The Bertz CT molecular complexity index is 470. The molecule has 0 saturated carbocycles. The molecule has 1 aromatic carbocycles. The van der Waals surface area contributed by atoms with E-state index in [2.05, 4.69) is 26.1 Å². The second-order valence-electron chi connectivity index (χ2n) is 5.83. The Morgan fingerprint density at radius 2 is 1.90 bits per heavy atom. The molecule has 3 nitrogen and oxygen atoms in total. The zero-order valence-corrected chi connectivity index (χ0v) is 13.1. The smallest absolute Gasteiger partial charge is 0.330 e. The first kappa shape index (κ1) is 17.2. The van der Waals surface area contributed by atoms with Gasteiger partial charge in [0.15, 0.2) is 0 Å². The highest BCUT2D eigenvalue weighted by atomic mass is 16.5. The van der Waals surface area contributed by atoms with Crippen LogP contribution in [0.5, 0.6) is 0 Å². The van der Waals surface area contributed by atoms with E-state index in [-0.39, 0.29) is 11.5 Å². The predicted octanol–water partition coefficient (Wildman–Crippen LogP) is 3.58. The second kappa shape index (κ2) is 9.14. The molecule has 0 aliphatic carbocycles. The molecule has 0 aliphatic heterocycles. The average Bonchev–Trinajstić information content (AvgIpc) is 2.43. The number of hydrogen-bond donors (Lipinski definition) is 1. The summed E-state index contributed by atoms with van der Waals surface area (Å²) < 4.78 is 5.11. The molecule has 0 bridgehead atoms. The number of hydrogen-bond acceptors (Lipinski definition) is 3. The number of carbonyl (C=O) groups excluding carboxylic acids is 1. The fourth-order valence-electron chi connectivity index (χ4n) is 1.62. The summed E-state index contributed by atoms with van der Waals surface area (Å²) in [4.78, 5) is 11.5. The van der Waals surface area contributed by atoms with Crippen LogP contribution in [0.2, 0.25) is 0 Å². The van der Waals surface area contributed by atoms with Crippen molar-refractivity contribution in [2.75, 3.05) is 13.2 Å². The molecule has 3 heteroatoms. The molecule has 0 radical (unpaired) electrons. The minimum atomic E-state index is -0.302. The first-order valence-electron chi connectivity index (χ1n) is 7.29. The van der Waals surface area contributed by atoms with Crippen LogP contribution in [0.25, 0.3) is 6.08 Å². The minimum Gasteiger partial charge on any atom is -0.462 e. The third kappa shape index (κ3) is 9.63. The maximum Gasteiger partial charge on any atom is 0.330 e. The molecule has 1 aromatic rings. The standard InChI is InChI=1S/C18H25NO2/c1-18(2,3)19-14-9-15-21-17(20)13-8-7-12-16-10-5-4-6-11-16/h4-8,10-13,19H,9,14-15H2,1-3H3/b12-7+,13-8+. The third-order valence-electron chi connectivity index (χ3n) is 2.65. The zero-order chi connectivity index (χ0) is 15.6. The highest BCUT2D eigenvalue weighted by Crippen LogP contribution is 2.01. The number of rotatable bonds is 7. The van der Waals surface area contributed by atoms with Gasteiger partial charge >= 0.3 is 5.97 Å². The van der Waals surface area contributed by atoms with Crippen LogP contribution in [0, 0.1) is 0 Å². The lowest BCUT2D eigenvalue weighted by Crippen LogP contribution is -2.36. The Labute approximate surface area is 127 Å². The van der Waals surface area contributed by atoms with Crippen molar-refractivity contribution in [1.29, 1.82) is 0 Å². The Morgan fingerprint density at radius 1 is 1.19 bits per heavy atom. The molecule has 114 valence electrons. The van der Waals surface area contributed by atoms with E-state index in [1.165, 1.54) is 6.08 Å². The normalized spacial score (nSPS) is 12.1. The van der Waals surface area contributed by atoms with E-state index in [1.807, 2.05) is 42.5 Å². The van der Waals surface area contributed by atoms with Crippen molar-refractivity contribution in [2.45, 2.75) is 32.7 Å². The van der Waals surface area contributed by atoms with E-state index < -0.39 is 0 Å². The molecule has 0 saturated heterocycles. The van der Waals surface area contributed by atoms with Gasteiger partial charge in [-0.1, -0.05) is 48.6 Å². The lowest BCUT2D eigenvalue weighted by atomic mass is 10.1. The summed E-state index contributed by atoms with van der Waals surface area (Å²) in [6.45, 7) is 7.62. The van der Waals surface area contributed by atoms with Crippen molar-refractivity contribution >= 4 is 12.0 Å². The molecule has 1 N–H and O–H groups in total. The molecule has 0 unspecified atom stereocenters. The van der Waals surface area contributed by atoms with Gasteiger partial charge in [0.2, 0.25) is 0 Å². The first-order valence-corrected chi connectivity index (χ1v) is 7.29. The van der Waals surface area contributed by atoms with E-state index in [0.717, 1.165) is 18.5 Å². The lowest BCUT2D eigenvalue weighted by Gasteiger charge is -2.20. The van der Waals surface area contributed by atoms with Gasteiger partial charge in [0.05, 0.1) is 6.61 Å². The van der Waals surface area contributed by atoms with Crippen molar-refractivity contribution in [3.8, 4) is 0 Å². The Kier molecular flexibility index (Phi) is 7.48. The summed E-state index contributed by atoms with van der Waals surface area (Å²) in [7, 11) is 0. The van der Waals surface area contributed by atoms with Crippen LogP contribution in [-0.4, -0.2) is 24.7 Å². The van der Waals surface area contributed by atoms with Gasteiger partial charge in [-0.3, -0.25) is 0 Å². The maximum absolute atomic E-state index is 11.5. The highest BCUT2D eigenvalue weighted by Gasteiger charge is 2.07. The number of allylic oxidation sites excluding steroid dienone is 2. The van der Waals surface area contributed by atoms with Crippen LogP contribution in [0.3, 0.4) is 0 Å². The molecular weight excluding hydrogens is 262 g/mol. The van der Waals surface area contributed by atoms with E-state index in [1.54, 1.807) is 6.08 Å². The second-order valence-corrected chi connectivity index (χ2v) is 5.83. The van der Waals surface area contributed by atoms with Crippen LogP contribution < -0.4 is 5.32 Å². The molecule has 0 heterocycles. The van der Waals surface area contributed by atoms with Crippen LogP contribution >= 0.6 is 0 Å². The van der Waals surface area contributed by atoms with Crippen molar-refractivity contribution in [2.24, 2.45) is 0 Å². The summed E-state index contributed by atoms with van der Waals surface area (Å²) in [6, 6.07) is 9.93. The van der Waals surface area contributed by atoms with Crippen molar-refractivity contribution in [3.05, 3.63) is 54.1 Å². The molecule has 0 fully saturated rings. The molecule has 1 rings (SSSR count). The number of ether oxygens (including phenoxy) is 1. The maximum atomic E-state index is 11.5. The fraction of sp³-hybridized carbons (Fsp3) is 0.389. The van der Waals surface area contributed by atoms with Crippen molar-refractivity contribution in [3.63, 3.8) is 0 Å². The topological polar surface area (TPSA) is 38.3 Å². The Morgan fingerprint density at radius 3 is 2.57 bits per heavy atom. The van der Waals surface area contributed by atoms with Crippen LogP contribution in [0.1, 0.15) is 32.8 Å². The van der Waals surface area contributed by atoms with E-state index in [4.69, 9.17) is 4.74 Å². The number of carbonyl (C=O) groups is 1. The third-order valence-corrected chi connectivity index (χ3v) is 2.65. The first-order chi connectivity index (χ1) is 9.97. The van der Waals surface area contributed by atoms with Crippen LogP contribution in [-0.2, 0) is 9.53 Å². The van der Waals surface area contributed by atoms with Gasteiger partial charge in [-0.2, -0.15) is 0 Å². The monoisotopic (exact) mass is 287 g/mol. The number of nitrogens with one attached hydrogen (secondary N) is 1. The molecule has 0 atom stereocenters. The van der Waals surface area contributed by atoms with Crippen molar-refractivity contribution in [1.82, 2.24) is 5.32 Å². The molecule has 0 spiro atoms. The molecule has 21 heavy (non-hydrogen) atoms. The van der Waals surface area contributed by atoms with Gasteiger partial charge in [-0.05, 0) is 39.3 Å². The Balaban J connectivity index is 2.16. The number of benzene rings is 1. The Hall–Kier alpha value is -1.87. The molecule has 0 aliphatic rings. The molecular formula is C18H25NO2. The molecule has 0 aromatic heterocycles. The summed E-state index contributed by atoms with van der Waals surface area (Å²) in [5.74, 6) is -0.302. The summed E-state index contributed by atoms with van der Waals surface area (Å²) in [6.07, 6.45) is 7.73. The van der Waals surface area contributed by atoms with E-state index >= 15 is 0 Å². The van der Waals surface area contributed by atoms with Gasteiger partial charge in [0, 0.05) is 11.6 Å². The largest absolute Gasteiger partial charge is 0.462 e. The predicted molar refractivity (Wildman–Crippen MR) is 87.9 cm³/mol. The number of esters is 1. The summed E-state index contributed by atoms with van der Waals surface area (Å²) >= 11 is 0. The van der Waals surface area contributed by atoms with Crippen LogP contribution in [0.4, 0.5) is 0 Å². The van der Waals surface area contributed by atoms with Gasteiger partial charge in [-0.15, -0.1) is 0 Å². The van der Waals surface area contributed by atoms with Gasteiger partial charge in [0.1, 0.15) is 0 Å². The highest BCUT2D eigenvalue weighted by molar-refractivity contribution is 5.82. The minimum absolute atomic E-state index is 0.103. The quantitative estimate of drug-likeness (QED) is 0.360. The average molecular weight is 287 g/mol. The van der Waals surface area contributed by atoms with E-state index in [0.29, 0.717) is 6.61 Å².